The number of hydrogen-bond donors (Lipinski definition) is 0. The zero-order valence-corrected chi connectivity index (χ0v) is 22.1. The first-order chi connectivity index (χ1) is 19.1. The van der Waals surface area contributed by atoms with Gasteiger partial charge in [-0.05, 0) is 110 Å². The number of nitrogens with zero attached hydrogens (tertiary/aromatic N) is 1. The summed E-state index contributed by atoms with van der Waals surface area (Å²) in [6.07, 6.45) is 0. The van der Waals surface area contributed by atoms with Crippen LogP contribution in [0.1, 0.15) is 11.3 Å². The first kappa shape index (κ1) is 22.1. The predicted molar refractivity (Wildman–Crippen MR) is 168 cm³/mol. The van der Waals surface area contributed by atoms with E-state index in [1.807, 2.05) is 0 Å². The van der Waals surface area contributed by atoms with Crippen molar-refractivity contribution in [2.24, 2.45) is 0 Å². The normalized spacial score (nSPS) is 11.8. The zero-order chi connectivity index (χ0) is 26.1. The maximum Gasteiger partial charge on any atom is 0.0540 e. The molecule has 8 rings (SSSR count). The SMILES string of the molecule is Cc1c(C)n(-c2ccc3ccccc3c2)c2cc3ccc4cc(-c5ccc6ccccc6c5)ccc4c3cc12. The van der Waals surface area contributed by atoms with E-state index in [2.05, 4.69) is 146 Å². The fourth-order valence-corrected chi connectivity index (χ4v) is 6.33. The quantitative estimate of drug-likeness (QED) is 0.209. The van der Waals surface area contributed by atoms with Gasteiger partial charge in [0.05, 0.1) is 5.52 Å². The van der Waals surface area contributed by atoms with Crippen molar-refractivity contribution in [3.63, 3.8) is 0 Å². The number of hydrogen-bond acceptors (Lipinski definition) is 0. The van der Waals surface area contributed by atoms with E-state index in [9.17, 15) is 0 Å². The lowest BCUT2D eigenvalue weighted by Gasteiger charge is -2.12. The maximum absolute atomic E-state index is 2.42. The van der Waals surface area contributed by atoms with Gasteiger partial charge in [-0.3, -0.25) is 0 Å². The van der Waals surface area contributed by atoms with Crippen molar-refractivity contribution < 1.29 is 0 Å². The number of aryl methyl sites for hydroxylation is 1. The van der Waals surface area contributed by atoms with E-state index in [0.717, 1.165) is 0 Å². The molecule has 0 fully saturated rings. The largest absolute Gasteiger partial charge is 0.314 e. The highest BCUT2D eigenvalue weighted by molar-refractivity contribution is 6.13. The van der Waals surface area contributed by atoms with Crippen molar-refractivity contribution in [1.82, 2.24) is 4.57 Å². The van der Waals surface area contributed by atoms with Crippen molar-refractivity contribution in [2.75, 3.05) is 0 Å². The Morgan fingerprint density at radius 1 is 0.410 bits per heavy atom. The van der Waals surface area contributed by atoms with Crippen molar-refractivity contribution in [1.29, 1.82) is 0 Å². The Bertz CT molecular complexity index is 2250. The van der Waals surface area contributed by atoms with Crippen molar-refractivity contribution in [3.8, 4) is 16.8 Å². The molecule has 0 atom stereocenters. The molecule has 0 bridgehead atoms. The molecular formula is C38H27N. The number of rotatable bonds is 2. The molecule has 0 amide bonds. The lowest BCUT2D eigenvalue weighted by molar-refractivity contribution is 1.04. The number of fused-ring (bicyclic) bond motifs is 6. The Labute approximate surface area is 227 Å². The van der Waals surface area contributed by atoms with E-state index in [1.54, 1.807) is 0 Å². The molecule has 0 spiro atoms. The fourth-order valence-electron chi connectivity index (χ4n) is 6.33. The van der Waals surface area contributed by atoms with Gasteiger partial charge in [0.15, 0.2) is 0 Å². The molecule has 1 heteroatoms. The highest BCUT2D eigenvalue weighted by atomic mass is 15.0. The van der Waals surface area contributed by atoms with E-state index in [4.69, 9.17) is 0 Å². The third kappa shape index (κ3) is 3.40. The lowest BCUT2D eigenvalue weighted by atomic mass is 9.95. The molecule has 8 aromatic rings. The first-order valence-electron chi connectivity index (χ1n) is 13.6. The Morgan fingerprint density at radius 3 is 1.72 bits per heavy atom. The highest BCUT2D eigenvalue weighted by Gasteiger charge is 2.15. The summed E-state index contributed by atoms with van der Waals surface area (Å²) < 4.78 is 2.42. The van der Waals surface area contributed by atoms with E-state index in [0.29, 0.717) is 0 Å². The van der Waals surface area contributed by atoms with Crippen LogP contribution in [0, 0.1) is 13.8 Å². The molecule has 1 nitrogen and oxygen atoms in total. The van der Waals surface area contributed by atoms with Crippen LogP contribution >= 0.6 is 0 Å². The van der Waals surface area contributed by atoms with Crippen molar-refractivity contribution >= 4 is 54.0 Å². The fraction of sp³-hybridized carbons (Fsp3) is 0.0526. The van der Waals surface area contributed by atoms with Crippen LogP contribution in [-0.4, -0.2) is 4.57 Å². The van der Waals surface area contributed by atoms with Gasteiger partial charge in [-0.15, -0.1) is 0 Å². The molecule has 0 radical (unpaired) electrons. The highest BCUT2D eigenvalue weighted by Crippen LogP contribution is 2.37. The molecule has 7 aromatic carbocycles. The van der Waals surface area contributed by atoms with Crippen LogP contribution in [-0.2, 0) is 0 Å². The molecule has 0 aliphatic heterocycles. The van der Waals surface area contributed by atoms with Gasteiger partial charge in [0.1, 0.15) is 0 Å². The molecule has 0 aliphatic rings. The summed E-state index contributed by atoms with van der Waals surface area (Å²) >= 11 is 0. The van der Waals surface area contributed by atoms with E-state index >= 15 is 0 Å². The van der Waals surface area contributed by atoms with Crippen LogP contribution in [0.3, 0.4) is 0 Å². The summed E-state index contributed by atoms with van der Waals surface area (Å²) in [6, 6.07) is 46.9. The van der Waals surface area contributed by atoms with Crippen LogP contribution in [0.5, 0.6) is 0 Å². The maximum atomic E-state index is 2.42. The molecule has 184 valence electrons. The molecule has 0 aliphatic carbocycles. The second-order valence-corrected chi connectivity index (χ2v) is 10.7. The molecule has 39 heavy (non-hydrogen) atoms. The van der Waals surface area contributed by atoms with Gasteiger partial charge < -0.3 is 4.57 Å². The van der Waals surface area contributed by atoms with Gasteiger partial charge in [-0.25, -0.2) is 0 Å². The summed E-state index contributed by atoms with van der Waals surface area (Å²) in [5.41, 5.74) is 7.61. The first-order valence-corrected chi connectivity index (χ1v) is 13.6. The third-order valence-corrected chi connectivity index (χ3v) is 8.55. The number of benzene rings is 7. The minimum Gasteiger partial charge on any atom is -0.314 e. The van der Waals surface area contributed by atoms with Crippen LogP contribution in [0.2, 0.25) is 0 Å². The van der Waals surface area contributed by atoms with Crippen LogP contribution in [0.4, 0.5) is 0 Å². The minimum absolute atomic E-state index is 1.21. The Hall–Kier alpha value is -4.88. The van der Waals surface area contributed by atoms with E-state index < -0.39 is 0 Å². The Morgan fingerprint density at radius 2 is 0.974 bits per heavy atom. The predicted octanol–water partition coefficient (Wildman–Crippen LogP) is 10.5. The van der Waals surface area contributed by atoms with E-state index in [1.165, 1.54) is 82.1 Å². The Balaban J connectivity index is 1.31. The summed E-state index contributed by atoms with van der Waals surface area (Å²) in [6.45, 7) is 4.49. The second-order valence-electron chi connectivity index (χ2n) is 10.7. The average Bonchev–Trinajstić information content (AvgIpc) is 3.23. The monoisotopic (exact) mass is 497 g/mol. The molecule has 0 N–H and O–H groups in total. The second kappa shape index (κ2) is 8.31. The Kier molecular flexibility index (Phi) is 4.72. The third-order valence-electron chi connectivity index (χ3n) is 8.55. The summed E-state index contributed by atoms with van der Waals surface area (Å²) in [7, 11) is 0. The van der Waals surface area contributed by atoms with Gasteiger partial charge in [0.25, 0.3) is 0 Å². The van der Waals surface area contributed by atoms with Crippen molar-refractivity contribution in [2.45, 2.75) is 13.8 Å². The minimum atomic E-state index is 1.21. The standard InChI is InChI=1S/C38H27N/c1-24-25(2)39(34-17-15-27-8-4-6-10-29(27)21-34)38-22-33-14-13-32-20-31(16-18-35(32)37(33)23-36(24)38)30-12-11-26-7-3-5-9-28(26)19-30/h3-23H,1-2H3. The van der Waals surface area contributed by atoms with Crippen LogP contribution < -0.4 is 0 Å². The van der Waals surface area contributed by atoms with Crippen LogP contribution in [0.25, 0.3) is 70.8 Å². The topological polar surface area (TPSA) is 4.93 Å². The lowest BCUT2D eigenvalue weighted by Crippen LogP contribution is -1.96. The molecular weight excluding hydrogens is 470 g/mol. The van der Waals surface area contributed by atoms with E-state index in [-0.39, 0.29) is 0 Å². The van der Waals surface area contributed by atoms with Crippen molar-refractivity contribution in [3.05, 3.63) is 139 Å². The zero-order valence-electron chi connectivity index (χ0n) is 22.1. The molecule has 1 aromatic heterocycles. The summed E-state index contributed by atoms with van der Waals surface area (Å²) in [5, 5.41) is 11.6. The molecule has 0 saturated carbocycles. The summed E-state index contributed by atoms with van der Waals surface area (Å²) in [4.78, 5) is 0. The molecule has 0 unspecified atom stereocenters. The summed E-state index contributed by atoms with van der Waals surface area (Å²) in [5.74, 6) is 0. The molecule has 1 heterocycles. The van der Waals surface area contributed by atoms with Gasteiger partial charge in [-0.2, -0.15) is 0 Å². The van der Waals surface area contributed by atoms with Gasteiger partial charge in [-0.1, -0.05) is 91.0 Å². The average molecular weight is 498 g/mol. The van der Waals surface area contributed by atoms with Gasteiger partial charge in [0.2, 0.25) is 0 Å². The van der Waals surface area contributed by atoms with Crippen LogP contribution in [0.15, 0.2) is 127 Å². The number of aromatic nitrogens is 1. The van der Waals surface area contributed by atoms with Gasteiger partial charge in [0, 0.05) is 16.8 Å². The smallest absolute Gasteiger partial charge is 0.0540 e. The van der Waals surface area contributed by atoms with Gasteiger partial charge >= 0.3 is 0 Å². The molecule has 0 saturated heterocycles.